The van der Waals surface area contributed by atoms with Crippen LogP contribution in [-0.2, 0) is 17.1 Å². The summed E-state index contributed by atoms with van der Waals surface area (Å²) in [6.07, 6.45) is 5.10. The Hall–Kier alpha value is -0.701. The van der Waals surface area contributed by atoms with Gasteiger partial charge in [-0.3, -0.25) is 0 Å². The standard InChI is InChI=1S/C8H6.Cu/c1-2-8-6-4-3-5-7-8;/h1,3-7H;/q;+1. The molecule has 0 nitrogen and oxygen atoms in total. The van der Waals surface area contributed by atoms with Gasteiger partial charge in [0, 0.05) is 5.56 Å². The van der Waals surface area contributed by atoms with Gasteiger partial charge in [0.1, 0.15) is 0 Å². The third-order valence-corrected chi connectivity index (χ3v) is 0.940. The molecular formula is C8H6Cu+. The summed E-state index contributed by atoms with van der Waals surface area (Å²) in [6.45, 7) is 0. The van der Waals surface area contributed by atoms with E-state index < -0.39 is 0 Å². The van der Waals surface area contributed by atoms with Crippen LogP contribution in [0.4, 0.5) is 0 Å². The number of rotatable bonds is 0. The number of benzene rings is 1. The van der Waals surface area contributed by atoms with Gasteiger partial charge in [-0.15, -0.1) is 6.42 Å². The van der Waals surface area contributed by atoms with Crippen LogP contribution in [0.5, 0.6) is 0 Å². The minimum atomic E-state index is 0. The Kier molecular flexibility index (Phi) is 3.88. The van der Waals surface area contributed by atoms with E-state index in [1.165, 1.54) is 0 Å². The van der Waals surface area contributed by atoms with Crippen molar-refractivity contribution < 1.29 is 17.1 Å². The van der Waals surface area contributed by atoms with Crippen LogP contribution < -0.4 is 0 Å². The average molecular weight is 166 g/mol. The van der Waals surface area contributed by atoms with Crippen LogP contribution in [0, 0.1) is 12.3 Å². The summed E-state index contributed by atoms with van der Waals surface area (Å²) in [7, 11) is 0. The van der Waals surface area contributed by atoms with E-state index >= 15 is 0 Å². The molecule has 1 rings (SSSR count). The Labute approximate surface area is 65.8 Å². The van der Waals surface area contributed by atoms with E-state index in [-0.39, 0.29) is 17.1 Å². The van der Waals surface area contributed by atoms with Crippen molar-refractivity contribution in [1.82, 2.24) is 0 Å². The Morgan fingerprint density at radius 1 is 1.11 bits per heavy atom. The van der Waals surface area contributed by atoms with E-state index in [1.807, 2.05) is 30.3 Å². The van der Waals surface area contributed by atoms with Crippen molar-refractivity contribution in [3.05, 3.63) is 35.9 Å². The van der Waals surface area contributed by atoms with Gasteiger partial charge in [0.15, 0.2) is 0 Å². The van der Waals surface area contributed by atoms with Crippen LogP contribution in [0.1, 0.15) is 5.56 Å². The second-order valence-corrected chi connectivity index (χ2v) is 1.51. The van der Waals surface area contributed by atoms with Crippen molar-refractivity contribution in [2.45, 2.75) is 0 Å². The fourth-order valence-corrected chi connectivity index (χ4v) is 0.534. The Morgan fingerprint density at radius 2 is 1.67 bits per heavy atom. The summed E-state index contributed by atoms with van der Waals surface area (Å²) in [5.41, 5.74) is 0.938. The maximum Gasteiger partial charge on any atom is 1.00 e. The van der Waals surface area contributed by atoms with Crippen LogP contribution in [0.25, 0.3) is 0 Å². The minimum Gasteiger partial charge on any atom is -0.115 e. The molecule has 0 N–H and O–H groups in total. The van der Waals surface area contributed by atoms with Crippen molar-refractivity contribution in [2.24, 2.45) is 0 Å². The molecule has 1 heteroatoms. The molecule has 9 heavy (non-hydrogen) atoms. The van der Waals surface area contributed by atoms with E-state index in [1.54, 1.807) is 0 Å². The zero-order valence-corrected chi connectivity index (χ0v) is 5.71. The first-order valence-electron chi connectivity index (χ1n) is 2.45. The van der Waals surface area contributed by atoms with E-state index in [2.05, 4.69) is 5.92 Å². The Balaban J connectivity index is 0.000000640. The van der Waals surface area contributed by atoms with Crippen LogP contribution >= 0.6 is 0 Å². The Morgan fingerprint density at radius 3 is 2.00 bits per heavy atom. The molecule has 48 valence electrons. The van der Waals surface area contributed by atoms with Crippen LogP contribution in [-0.4, -0.2) is 0 Å². The molecule has 0 aromatic heterocycles. The van der Waals surface area contributed by atoms with Gasteiger partial charge in [0.25, 0.3) is 0 Å². The maximum absolute atomic E-state index is 5.10. The van der Waals surface area contributed by atoms with Crippen LogP contribution in [0.3, 0.4) is 0 Å². The summed E-state index contributed by atoms with van der Waals surface area (Å²) in [5, 5.41) is 0. The second kappa shape index (κ2) is 4.21. The van der Waals surface area contributed by atoms with Gasteiger partial charge in [-0.05, 0) is 12.1 Å². The zero-order valence-electron chi connectivity index (χ0n) is 4.77. The van der Waals surface area contributed by atoms with Gasteiger partial charge in [0.05, 0.1) is 0 Å². The molecule has 0 aliphatic carbocycles. The summed E-state index contributed by atoms with van der Waals surface area (Å²) in [5.74, 6) is 2.53. The van der Waals surface area contributed by atoms with E-state index in [9.17, 15) is 0 Å². The van der Waals surface area contributed by atoms with Crippen LogP contribution in [0.15, 0.2) is 30.3 Å². The molecule has 0 saturated carbocycles. The van der Waals surface area contributed by atoms with E-state index in [0.29, 0.717) is 0 Å². The van der Waals surface area contributed by atoms with Crippen molar-refractivity contribution in [2.75, 3.05) is 0 Å². The predicted octanol–water partition coefficient (Wildman–Crippen LogP) is 1.67. The predicted molar refractivity (Wildman–Crippen MR) is 34.4 cm³/mol. The zero-order chi connectivity index (χ0) is 5.82. The number of hydrogen-bond donors (Lipinski definition) is 0. The topological polar surface area (TPSA) is 0 Å². The summed E-state index contributed by atoms with van der Waals surface area (Å²) in [4.78, 5) is 0. The van der Waals surface area contributed by atoms with Gasteiger partial charge in [0.2, 0.25) is 0 Å². The summed E-state index contributed by atoms with van der Waals surface area (Å²) in [6, 6.07) is 9.60. The first kappa shape index (κ1) is 8.30. The molecule has 0 radical (unpaired) electrons. The quantitative estimate of drug-likeness (QED) is 0.405. The van der Waals surface area contributed by atoms with Gasteiger partial charge in [-0.1, -0.05) is 24.1 Å². The molecule has 0 aliphatic rings. The smallest absolute Gasteiger partial charge is 0.115 e. The molecule has 0 aliphatic heterocycles. The van der Waals surface area contributed by atoms with Gasteiger partial charge in [-0.2, -0.15) is 0 Å². The Bertz CT molecular complexity index is 196. The fraction of sp³-hybridized carbons (Fsp3) is 0. The van der Waals surface area contributed by atoms with Crippen molar-refractivity contribution >= 4 is 0 Å². The van der Waals surface area contributed by atoms with E-state index in [0.717, 1.165) is 5.56 Å². The first-order valence-corrected chi connectivity index (χ1v) is 2.45. The van der Waals surface area contributed by atoms with Crippen molar-refractivity contribution in [1.29, 1.82) is 0 Å². The third-order valence-electron chi connectivity index (χ3n) is 0.940. The molecule has 0 heterocycles. The molecular weight excluding hydrogens is 160 g/mol. The molecule has 0 spiro atoms. The molecule has 0 atom stereocenters. The molecule has 0 fully saturated rings. The fourth-order valence-electron chi connectivity index (χ4n) is 0.534. The largest absolute Gasteiger partial charge is 1.00 e. The SMILES string of the molecule is C#Cc1ccccc1.[Cu+]. The molecule has 0 saturated heterocycles. The maximum atomic E-state index is 5.10. The average Bonchev–Trinajstić information content (AvgIpc) is 1.90. The normalized spacial score (nSPS) is 7.00. The van der Waals surface area contributed by atoms with Crippen molar-refractivity contribution in [3.63, 3.8) is 0 Å². The molecule has 0 unspecified atom stereocenters. The van der Waals surface area contributed by atoms with Gasteiger partial charge < -0.3 is 0 Å². The van der Waals surface area contributed by atoms with E-state index in [4.69, 9.17) is 6.42 Å². The molecule has 0 amide bonds. The number of hydrogen-bond acceptors (Lipinski definition) is 0. The summed E-state index contributed by atoms with van der Waals surface area (Å²) < 4.78 is 0. The van der Waals surface area contributed by atoms with Gasteiger partial charge >= 0.3 is 17.1 Å². The minimum absolute atomic E-state index is 0. The van der Waals surface area contributed by atoms with Gasteiger partial charge in [-0.25, -0.2) is 0 Å². The first-order chi connectivity index (χ1) is 3.93. The molecule has 1 aromatic carbocycles. The van der Waals surface area contributed by atoms with Crippen molar-refractivity contribution in [3.8, 4) is 12.3 Å². The monoisotopic (exact) mass is 165 g/mol. The van der Waals surface area contributed by atoms with Crippen LogP contribution in [0.2, 0.25) is 0 Å². The number of terminal acetylenes is 1. The second-order valence-electron chi connectivity index (χ2n) is 1.51. The molecule has 1 aromatic rings. The summed E-state index contributed by atoms with van der Waals surface area (Å²) >= 11 is 0. The third kappa shape index (κ3) is 2.37. The molecule has 0 bridgehead atoms.